The van der Waals surface area contributed by atoms with Crippen molar-refractivity contribution in [2.75, 3.05) is 37.2 Å². The van der Waals surface area contributed by atoms with Crippen LogP contribution < -0.4 is 11.1 Å². The molecule has 1 unspecified atom stereocenters. The average Bonchev–Trinajstić information content (AvgIpc) is 2.85. The maximum Gasteiger partial charge on any atom is 0.149 e. The van der Waals surface area contributed by atoms with Crippen molar-refractivity contribution >= 4 is 11.5 Å². The molecule has 0 aromatic carbocycles. The topological polar surface area (TPSA) is 78.0 Å². The number of hydrogen-bond acceptors (Lipinski definition) is 5. The molecule has 1 aliphatic heterocycles. The summed E-state index contributed by atoms with van der Waals surface area (Å²) in [5.74, 6) is 1.34. The summed E-state index contributed by atoms with van der Waals surface area (Å²) in [6.07, 6.45) is 2.77. The Labute approximate surface area is 108 Å². The zero-order valence-electron chi connectivity index (χ0n) is 10.7. The minimum atomic E-state index is 0.496. The van der Waals surface area contributed by atoms with Crippen LogP contribution in [0.4, 0.5) is 11.5 Å². The number of hydrogen-bond donors (Lipinski definition) is 2. The van der Waals surface area contributed by atoms with Gasteiger partial charge in [-0.05, 0) is 31.5 Å². The fraction of sp³-hybridized carbons (Fsp3) is 0.538. The largest absolute Gasteiger partial charge is 0.396 e. The van der Waals surface area contributed by atoms with Gasteiger partial charge in [0.15, 0.2) is 0 Å². The van der Waals surface area contributed by atoms with Crippen LogP contribution in [-0.4, -0.2) is 36.1 Å². The lowest BCUT2D eigenvalue weighted by atomic mass is 10.1. The van der Waals surface area contributed by atoms with E-state index in [2.05, 4.69) is 22.1 Å². The van der Waals surface area contributed by atoms with Crippen LogP contribution in [0.1, 0.15) is 18.9 Å². The molecule has 18 heavy (non-hydrogen) atoms. The minimum absolute atomic E-state index is 0.496. The van der Waals surface area contributed by atoms with Gasteiger partial charge in [0, 0.05) is 19.3 Å². The number of nitrogen functional groups attached to an aromatic ring is 1. The summed E-state index contributed by atoms with van der Waals surface area (Å²) in [6.45, 7) is 6.52. The maximum absolute atomic E-state index is 8.74. The predicted octanol–water partition coefficient (Wildman–Crippen LogP) is 1.29. The van der Waals surface area contributed by atoms with Gasteiger partial charge in [0.2, 0.25) is 0 Å². The molecule has 1 aromatic heterocycles. The Hall–Kier alpha value is -1.80. The summed E-state index contributed by atoms with van der Waals surface area (Å²) in [5.41, 5.74) is 6.89. The highest BCUT2D eigenvalue weighted by Gasteiger charge is 2.20. The molecule has 0 bridgehead atoms. The van der Waals surface area contributed by atoms with Crippen LogP contribution in [0.3, 0.4) is 0 Å². The number of pyridine rings is 1. The van der Waals surface area contributed by atoms with Gasteiger partial charge in [0.1, 0.15) is 11.9 Å². The molecule has 0 amide bonds. The first-order chi connectivity index (χ1) is 8.72. The quantitative estimate of drug-likeness (QED) is 0.835. The van der Waals surface area contributed by atoms with E-state index in [9.17, 15) is 0 Å². The number of nitriles is 1. The van der Waals surface area contributed by atoms with Crippen LogP contribution in [0.5, 0.6) is 0 Å². The lowest BCUT2D eigenvalue weighted by molar-refractivity contribution is 0.345. The van der Waals surface area contributed by atoms with Gasteiger partial charge < -0.3 is 16.0 Å². The molecular formula is C13H19N5. The number of nitrogens with zero attached hydrogens (tertiary/aromatic N) is 3. The van der Waals surface area contributed by atoms with E-state index in [-0.39, 0.29) is 0 Å². The van der Waals surface area contributed by atoms with E-state index in [1.807, 2.05) is 6.07 Å². The normalized spacial score (nSPS) is 19.7. The first kappa shape index (κ1) is 12.7. The Kier molecular flexibility index (Phi) is 4.00. The lowest BCUT2D eigenvalue weighted by Gasteiger charge is -2.14. The van der Waals surface area contributed by atoms with Crippen molar-refractivity contribution < 1.29 is 0 Å². The second-order valence-electron chi connectivity index (χ2n) is 4.70. The standard InChI is InChI=1S/C13H19N5/c1-2-18-4-3-10(9-18)7-16-13-12(15)5-11(6-14)8-17-13/h5,8,10H,2-4,7,9,15H2,1H3,(H,16,17). The Morgan fingerprint density at radius 3 is 3.11 bits per heavy atom. The van der Waals surface area contributed by atoms with E-state index in [4.69, 9.17) is 11.0 Å². The van der Waals surface area contributed by atoms with Crippen molar-refractivity contribution in [2.45, 2.75) is 13.3 Å². The Morgan fingerprint density at radius 2 is 2.50 bits per heavy atom. The molecule has 5 heteroatoms. The molecule has 1 aromatic rings. The van der Waals surface area contributed by atoms with Gasteiger partial charge in [-0.1, -0.05) is 6.92 Å². The fourth-order valence-corrected chi connectivity index (χ4v) is 2.30. The SMILES string of the molecule is CCN1CCC(CNc2ncc(C#N)cc2N)C1. The highest BCUT2D eigenvalue weighted by Crippen LogP contribution is 2.19. The van der Waals surface area contributed by atoms with Gasteiger partial charge >= 0.3 is 0 Å². The zero-order chi connectivity index (χ0) is 13.0. The van der Waals surface area contributed by atoms with Crippen molar-refractivity contribution in [3.63, 3.8) is 0 Å². The van der Waals surface area contributed by atoms with Crippen molar-refractivity contribution in [1.29, 1.82) is 5.26 Å². The summed E-state index contributed by atoms with van der Waals surface area (Å²) < 4.78 is 0. The van der Waals surface area contributed by atoms with Crippen molar-refractivity contribution in [3.8, 4) is 6.07 Å². The van der Waals surface area contributed by atoms with Crippen LogP contribution in [0.15, 0.2) is 12.3 Å². The van der Waals surface area contributed by atoms with E-state index >= 15 is 0 Å². The van der Waals surface area contributed by atoms with Gasteiger partial charge in [0.25, 0.3) is 0 Å². The lowest BCUT2D eigenvalue weighted by Crippen LogP contribution is -2.22. The first-order valence-corrected chi connectivity index (χ1v) is 6.34. The molecule has 0 spiro atoms. The Balaban J connectivity index is 1.89. The molecule has 1 atom stereocenters. The van der Waals surface area contributed by atoms with Crippen molar-refractivity contribution in [2.24, 2.45) is 5.92 Å². The Morgan fingerprint density at radius 1 is 1.67 bits per heavy atom. The summed E-state index contributed by atoms with van der Waals surface area (Å²) in [5, 5.41) is 12.0. The first-order valence-electron chi connectivity index (χ1n) is 6.34. The van der Waals surface area contributed by atoms with E-state index < -0.39 is 0 Å². The van der Waals surface area contributed by atoms with E-state index in [1.54, 1.807) is 12.3 Å². The van der Waals surface area contributed by atoms with Crippen LogP contribution in [0, 0.1) is 17.2 Å². The molecule has 1 aliphatic rings. The van der Waals surface area contributed by atoms with Gasteiger partial charge in [0.05, 0.1) is 11.3 Å². The van der Waals surface area contributed by atoms with E-state index in [0.717, 1.165) is 19.6 Å². The maximum atomic E-state index is 8.74. The molecule has 0 radical (unpaired) electrons. The second-order valence-corrected chi connectivity index (χ2v) is 4.70. The molecule has 2 rings (SSSR count). The molecule has 1 fully saturated rings. The highest BCUT2D eigenvalue weighted by molar-refractivity contribution is 5.63. The molecule has 1 saturated heterocycles. The summed E-state index contributed by atoms with van der Waals surface area (Å²) in [6, 6.07) is 3.68. The summed E-state index contributed by atoms with van der Waals surface area (Å²) in [7, 11) is 0. The number of aromatic nitrogens is 1. The molecular weight excluding hydrogens is 226 g/mol. The fourth-order valence-electron chi connectivity index (χ4n) is 2.30. The Bertz CT molecular complexity index is 451. The molecule has 96 valence electrons. The van der Waals surface area contributed by atoms with Crippen molar-refractivity contribution in [3.05, 3.63) is 17.8 Å². The number of nitrogens with two attached hydrogens (primary N) is 1. The second kappa shape index (κ2) is 5.69. The van der Waals surface area contributed by atoms with Crippen LogP contribution >= 0.6 is 0 Å². The van der Waals surface area contributed by atoms with E-state index in [1.165, 1.54) is 13.0 Å². The van der Waals surface area contributed by atoms with E-state index in [0.29, 0.717) is 23.0 Å². The van der Waals surface area contributed by atoms with Crippen LogP contribution in [-0.2, 0) is 0 Å². The molecule has 3 N–H and O–H groups in total. The zero-order valence-corrected chi connectivity index (χ0v) is 10.7. The molecule has 5 nitrogen and oxygen atoms in total. The number of rotatable bonds is 4. The highest BCUT2D eigenvalue weighted by atomic mass is 15.1. The van der Waals surface area contributed by atoms with Crippen LogP contribution in [0.2, 0.25) is 0 Å². The minimum Gasteiger partial charge on any atom is -0.396 e. The molecule has 2 heterocycles. The number of nitrogens with one attached hydrogen (secondary N) is 1. The van der Waals surface area contributed by atoms with Gasteiger partial charge in [-0.2, -0.15) is 5.26 Å². The summed E-state index contributed by atoms with van der Waals surface area (Å²) >= 11 is 0. The average molecular weight is 245 g/mol. The third-order valence-corrected chi connectivity index (χ3v) is 3.42. The number of anilines is 2. The van der Waals surface area contributed by atoms with Gasteiger partial charge in [-0.25, -0.2) is 4.98 Å². The molecule has 0 saturated carbocycles. The van der Waals surface area contributed by atoms with Gasteiger partial charge in [-0.3, -0.25) is 0 Å². The van der Waals surface area contributed by atoms with Crippen LogP contribution in [0.25, 0.3) is 0 Å². The smallest absolute Gasteiger partial charge is 0.149 e. The van der Waals surface area contributed by atoms with Gasteiger partial charge in [-0.15, -0.1) is 0 Å². The summed E-state index contributed by atoms with van der Waals surface area (Å²) in [4.78, 5) is 6.62. The predicted molar refractivity (Wildman–Crippen MR) is 72.1 cm³/mol. The molecule has 0 aliphatic carbocycles. The number of likely N-dealkylation sites (tertiary alicyclic amines) is 1. The van der Waals surface area contributed by atoms with Crippen molar-refractivity contribution in [1.82, 2.24) is 9.88 Å². The third-order valence-electron chi connectivity index (χ3n) is 3.42. The monoisotopic (exact) mass is 245 g/mol. The third kappa shape index (κ3) is 2.90.